The number of benzene rings is 1. The summed E-state index contributed by atoms with van der Waals surface area (Å²) < 4.78 is 0. The quantitative estimate of drug-likeness (QED) is 0.690. The van der Waals surface area contributed by atoms with Crippen LogP contribution in [-0.2, 0) is 6.42 Å². The highest BCUT2D eigenvalue weighted by molar-refractivity contribution is 5.14. The zero-order valence-corrected chi connectivity index (χ0v) is 11.2. The van der Waals surface area contributed by atoms with Gasteiger partial charge in [-0.15, -0.1) is 0 Å². The van der Waals surface area contributed by atoms with Crippen molar-refractivity contribution < 1.29 is 9.80 Å². The number of likely N-dealkylation sites (tertiary alicyclic amines) is 1. The average Bonchev–Trinajstić information content (AvgIpc) is 2.38. The minimum atomic E-state index is 0.891. The van der Waals surface area contributed by atoms with E-state index in [-0.39, 0.29) is 0 Å². The van der Waals surface area contributed by atoms with Gasteiger partial charge in [-0.05, 0) is 5.56 Å². The molecule has 0 radical (unpaired) electrons. The summed E-state index contributed by atoms with van der Waals surface area (Å²) in [5.74, 6) is 0. The SMILES string of the molecule is C[NH+]1CCC([NH+](C)CCc2ccccc2)CC1. The second-order valence-electron chi connectivity index (χ2n) is 5.56. The van der Waals surface area contributed by atoms with Crippen LogP contribution in [0, 0.1) is 0 Å². The van der Waals surface area contributed by atoms with Crippen molar-refractivity contribution in [1.29, 1.82) is 0 Å². The highest BCUT2D eigenvalue weighted by atomic mass is 15.2. The highest BCUT2D eigenvalue weighted by Gasteiger charge is 2.25. The molecule has 1 heterocycles. The zero-order valence-electron chi connectivity index (χ0n) is 11.2. The maximum Gasteiger partial charge on any atom is 0.0981 e. The maximum absolute atomic E-state index is 2.37. The van der Waals surface area contributed by atoms with Crippen molar-refractivity contribution in [2.24, 2.45) is 0 Å². The third-order valence-corrected chi connectivity index (χ3v) is 4.19. The van der Waals surface area contributed by atoms with Crippen molar-refractivity contribution in [1.82, 2.24) is 0 Å². The molecule has 1 fully saturated rings. The van der Waals surface area contributed by atoms with Gasteiger partial charge < -0.3 is 9.80 Å². The van der Waals surface area contributed by atoms with Gasteiger partial charge in [-0.1, -0.05) is 30.3 Å². The summed E-state index contributed by atoms with van der Waals surface area (Å²) in [7, 11) is 4.68. The normalized spacial score (nSPS) is 26.7. The number of hydrogen-bond acceptors (Lipinski definition) is 0. The van der Waals surface area contributed by atoms with Gasteiger partial charge in [-0.3, -0.25) is 0 Å². The Morgan fingerprint density at radius 2 is 1.82 bits per heavy atom. The summed E-state index contributed by atoms with van der Waals surface area (Å²) in [6.45, 7) is 3.98. The summed E-state index contributed by atoms with van der Waals surface area (Å²) in [6.07, 6.45) is 4.00. The van der Waals surface area contributed by atoms with Gasteiger partial charge in [0.25, 0.3) is 0 Å². The fourth-order valence-electron chi connectivity index (χ4n) is 2.79. The third kappa shape index (κ3) is 3.83. The molecule has 1 atom stereocenters. The summed E-state index contributed by atoms with van der Waals surface area (Å²) in [6, 6.07) is 11.8. The first kappa shape index (κ1) is 12.6. The smallest absolute Gasteiger partial charge is 0.0981 e. The molecule has 1 aromatic carbocycles. The van der Waals surface area contributed by atoms with Crippen LogP contribution in [0.1, 0.15) is 18.4 Å². The Kier molecular flexibility index (Phi) is 4.57. The molecule has 2 nitrogen and oxygen atoms in total. The summed E-state index contributed by atoms with van der Waals surface area (Å²) in [5.41, 5.74) is 1.48. The van der Waals surface area contributed by atoms with E-state index in [2.05, 4.69) is 44.4 Å². The van der Waals surface area contributed by atoms with Crippen LogP contribution in [0.3, 0.4) is 0 Å². The lowest BCUT2D eigenvalue weighted by Crippen LogP contribution is -3.18. The number of likely N-dealkylation sites (N-methyl/N-ethyl adjacent to an activating group) is 1. The van der Waals surface area contributed by atoms with Crippen molar-refractivity contribution in [3.05, 3.63) is 35.9 Å². The molecule has 0 bridgehead atoms. The van der Waals surface area contributed by atoms with Gasteiger partial charge in [0.15, 0.2) is 0 Å². The van der Waals surface area contributed by atoms with Crippen LogP contribution in [0.2, 0.25) is 0 Å². The van der Waals surface area contributed by atoms with E-state index in [9.17, 15) is 0 Å². The number of quaternary nitrogens is 2. The van der Waals surface area contributed by atoms with Gasteiger partial charge in [0, 0.05) is 19.3 Å². The highest BCUT2D eigenvalue weighted by Crippen LogP contribution is 1.99. The Morgan fingerprint density at radius 1 is 1.18 bits per heavy atom. The van der Waals surface area contributed by atoms with Gasteiger partial charge >= 0.3 is 0 Å². The van der Waals surface area contributed by atoms with Crippen molar-refractivity contribution in [2.75, 3.05) is 33.7 Å². The van der Waals surface area contributed by atoms with E-state index in [0.717, 1.165) is 6.04 Å². The van der Waals surface area contributed by atoms with Crippen LogP contribution in [0.15, 0.2) is 30.3 Å². The molecule has 1 aromatic rings. The molecule has 1 unspecified atom stereocenters. The topological polar surface area (TPSA) is 8.88 Å². The van der Waals surface area contributed by atoms with Gasteiger partial charge in [-0.25, -0.2) is 0 Å². The molecule has 2 rings (SSSR count). The van der Waals surface area contributed by atoms with Crippen molar-refractivity contribution >= 4 is 0 Å². The number of piperidine rings is 1. The predicted molar refractivity (Wildman–Crippen MR) is 71.5 cm³/mol. The summed E-state index contributed by atoms with van der Waals surface area (Å²) in [5, 5.41) is 0. The first-order valence-electron chi connectivity index (χ1n) is 6.93. The number of nitrogens with one attached hydrogen (secondary N) is 2. The molecule has 0 spiro atoms. The Balaban J connectivity index is 1.75. The standard InChI is InChI=1S/C15H24N2/c1-16-11-9-15(10-12-16)17(2)13-8-14-6-4-3-5-7-14/h3-7,15H,8-13H2,1-2H3/p+2. The number of rotatable bonds is 4. The van der Waals surface area contributed by atoms with Crippen LogP contribution in [-0.4, -0.2) is 39.8 Å². The predicted octanol–water partition coefficient (Wildman–Crippen LogP) is -0.579. The molecule has 94 valence electrons. The molecule has 2 heteroatoms. The van der Waals surface area contributed by atoms with Crippen LogP contribution >= 0.6 is 0 Å². The van der Waals surface area contributed by atoms with Gasteiger partial charge in [0.2, 0.25) is 0 Å². The lowest BCUT2D eigenvalue weighted by atomic mass is 10.0. The van der Waals surface area contributed by atoms with E-state index in [4.69, 9.17) is 0 Å². The fraction of sp³-hybridized carbons (Fsp3) is 0.600. The summed E-state index contributed by atoms with van der Waals surface area (Å²) in [4.78, 5) is 3.43. The Labute approximate surface area is 105 Å². The largest absolute Gasteiger partial charge is 0.337 e. The van der Waals surface area contributed by atoms with E-state index < -0.39 is 0 Å². The van der Waals surface area contributed by atoms with Crippen LogP contribution in [0.5, 0.6) is 0 Å². The minimum Gasteiger partial charge on any atom is -0.337 e. The fourth-order valence-corrected chi connectivity index (χ4v) is 2.79. The molecule has 0 aromatic heterocycles. The number of hydrogen-bond donors (Lipinski definition) is 2. The van der Waals surface area contributed by atoms with Crippen LogP contribution < -0.4 is 9.80 Å². The lowest BCUT2D eigenvalue weighted by molar-refractivity contribution is -0.939. The Hall–Kier alpha value is -0.860. The first-order valence-corrected chi connectivity index (χ1v) is 6.93. The molecule has 17 heavy (non-hydrogen) atoms. The molecule has 0 aliphatic carbocycles. The van der Waals surface area contributed by atoms with E-state index in [0.29, 0.717) is 0 Å². The lowest BCUT2D eigenvalue weighted by Gasteiger charge is -2.30. The molecule has 1 aliphatic rings. The van der Waals surface area contributed by atoms with Crippen molar-refractivity contribution in [2.45, 2.75) is 25.3 Å². The average molecular weight is 234 g/mol. The molecule has 0 amide bonds. The third-order valence-electron chi connectivity index (χ3n) is 4.19. The second-order valence-corrected chi connectivity index (χ2v) is 5.56. The van der Waals surface area contributed by atoms with Crippen LogP contribution in [0.4, 0.5) is 0 Å². The van der Waals surface area contributed by atoms with Gasteiger partial charge in [0.1, 0.15) is 0 Å². The van der Waals surface area contributed by atoms with E-state index in [1.807, 2.05) is 0 Å². The van der Waals surface area contributed by atoms with E-state index in [1.54, 1.807) is 9.80 Å². The molecule has 1 saturated heterocycles. The Morgan fingerprint density at radius 3 is 2.47 bits per heavy atom. The summed E-state index contributed by atoms with van der Waals surface area (Å²) >= 11 is 0. The molecule has 2 N–H and O–H groups in total. The van der Waals surface area contributed by atoms with Gasteiger partial charge in [0.05, 0.1) is 39.8 Å². The van der Waals surface area contributed by atoms with Gasteiger partial charge in [-0.2, -0.15) is 0 Å². The Bertz CT molecular complexity index is 315. The van der Waals surface area contributed by atoms with Crippen molar-refractivity contribution in [3.63, 3.8) is 0 Å². The molecular weight excluding hydrogens is 208 g/mol. The second kappa shape index (κ2) is 6.18. The molecule has 1 aliphatic heterocycles. The molecule has 0 saturated carbocycles. The van der Waals surface area contributed by atoms with Crippen LogP contribution in [0.25, 0.3) is 0 Å². The minimum absolute atomic E-state index is 0.891. The monoisotopic (exact) mass is 234 g/mol. The maximum atomic E-state index is 2.37. The zero-order chi connectivity index (χ0) is 12.1. The molecular formula is C15H26N2+2. The van der Waals surface area contributed by atoms with E-state index >= 15 is 0 Å². The van der Waals surface area contributed by atoms with Crippen molar-refractivity contribution in [3.8, 4) is 0 Å². The first-order chi connectivity index (χ1) is 8.25. The van der Waals surface area contributed by atoms with E-state index in [1.165, 1.54) is 44.5 Å².